The molecular formula is C20H26N4O2S. The number of carbonyl (C=O) groups excluding carboxylic acids is 2. The summed E-state index contributed by atoms with van der Waals surface area (Å²) in [6.07, 6.45) is 4.68. The van der Waals surface area contributed by atoms with Crippen molar-refractivity contribution in [1.82, 2.24) is 14.8 Å². The Morgan fingerprint density at radius 2 is 2.11 bits per heavy atom. The second kappa shape index (κ2) is 9.10. The average Bonchev–Trinajstić information content (AvgIpc) is 3.14. The van der Waals surface area contributed by atoms with Gasteiger partial charge in [0.15, 0.2) is 5.13 Å². The highest BCUT2D eigenvalue weighted by atomic mass is 32.1. The van der Waals surface area contributed by atoms with Crippen molar-refractivity contribution >= 4 is 28.3 Å². The van der Waals surface area contributed by atoms with E-state index in [1.165, 1.54) is 23.8 Å². The topological polar surface area (TPSA) is 65.5 Å². The number of hydrogen-bond donors (Lipinski definition) is 1. The van der Waals surface area contributed by atoms with Gasteiger partial charge in [0.05, 0.1) is 6.20 Å². The molecule has 0 aliphatic carbocycles. The Morgan fingerprint density at radius 3 is 2.85 bits per heavy atom. The second-order valence-corrected chi connectivity index (χ2v) is 8.00. The third-order valence-corrected chi connectivity index (χ3v) is 5.80. The maximum atomic E-state index is 12.8. The molecule has 6 nitrogen and oxygen atoms in total. The maximum Gasteiger partial charge on any atom is 0.265 e. The summed E-state index contributed by atoms with van der Waals surface area (Å²) in [4.78, 5) is 32.9. The largest absolute Gasteiger partial charge is 0.336 e. The number of rotatable bonds is 6. The van der Waals surface area contributed by atoms with E-state index in [9.17, 15) is 9.59 Å². The number of nitrogens with one attached hydrogen (secondary N) is 1. The first kappa shape index (κ1) is 19.5. The van der Waals surface area contributed by atoms with Gasteiger partial charge in [-0.3, -0.25) is 9.59 Å². The molecule has 144 valence electrons. The zero-order chi connectivity index (χ0) is 19.2. The van der Waals surface area contributed by atoms with Crippen LogP contribution in [0.1, 0.15) is 35.0 Å². The minimum atomic E-state index is -0.179. The smallest absolute Gasteiger partial charge is 0.265 e. The molecule has 0 radical (unpaired) electrons. The van der Waals surface area contributed by atoms with Crippen LogP contribution in [0.3, 0.4) is 0 Å². The van der Waals surface area contributed by atoms with E-state index in [-0.39, 0.29) is 11.8 Å². The fraction of sp³-hybridized carbons (Fsp3) is 0.450. The lowest BCUT2D eigenvalue weighted by Gasteiger charge is -2.37. The second-order valence-electron chi connectivity index (χ2n) is 6.97. The van der Waals surface area contributed by atoms with Gasteiger partial charge in [0, 0.05) is 32.6 Å². The van der Waals surface area contributed by atoms with E-state index >= 15 is 0 Å². The Bertz CT molecular complexity index is 777. The van der Waals surface area contributed by atoms with Crippen LogP contribution in [0.15, 0.2) is 36.5 Å². The van der Waals surface area contributed by atoms with Gasteiger partial charge in [-0.2, -0.15) is 0 Å². The number of benzene rings is 1. The zero-order valence-corrected chi connectivity index (χ0v) is 16.7. The molecule has 3 rings (SSSR count). The molecular weight excluding hydrogens is 360 g/mol. The van der Waals surface area contributed by atoms with Crippen LogP contribution >= 0.6 is 11.3 Å². The molecule has 1 unspecified atom stereocenters. The lowest BCUT2D eigenvalue weighted by Crippen LogP contribution is -2.48. The van der Waals surface area contributed by atoms with Crippen molar-refractivity contribution in [1.29, 1.82) is 0 Å². The first-order valence-corrected chi connectivity index (χ1v) is 10.1. The van der Waals surface area contributed by atoms with Gasteiger partial charge in [-0.15, -0.1) is 0 Å². The number of aromatic nitrogens is 1. The van der Waals surface area contributed by atoms with Crippen molar-refractivity contribution in [3.05, 3.63) is 47.0 Å². The summed E-state index contributed by atoms with van der Waals surface area (Å²) in [7, 11) is 2.14. The van der Waals surface area contributed by atoms with E-state index in [0.29, 0.717) is 16.1 Å². The number of anilines is 1. The zero-order valence-electron chi connectivity index (χ0n) is 15.9. The van der Waals surface area contributed by atoms with E-state index in [0.717, 1.165) is 38.9 Å². The van der Waals surface area contributed by atoms with Crippen LogP contribution in [-0.4, -0.2) is 59.3 Å². The number of nitrogens with zero attached hydrogens (tertiary/aromatic N) is 3. The van der Waals surface area contributed by atoms with E-state index in [1.54, 1.807) is 6.20 Å². The van der Waals surface area contributed by atoms with Crippen LogP contribution in [0.25, 0.3) is 0 Å². The van der Waals surface area contributed by atoms with Crippen LogP contribution in [0.4, 0.5) is 5.13 Å². The lowest BCUT2D eigenvalue weighted by atomic mass is 10.0. The van der Waals surface area contributed by atoms with Gasteiger partial charge < -0.3 is 15.1 Å². The minimum Gasteiger partial charge on any atom is -0.336 e. The highest BCUT2D eigenvalue weighted by Crippen LogP contribution is 2.23. The summed E-state index contributed by atoms with van der Waals surface area (Å²) in [5.74, 6) is -0.174. The molecule has 1 saturated heterocycles. The molecule has 1 aromatic heterocycles. The van der Waals surface area contributed by atoms with Gasteiger partial charge in [-0.25, -0.2) is 4.98 Å². The molecule has 1 aliphatic rings. The van der Waals surface area contributed by atoms with Crippen molar-refractivity contribution < 1.29 is 9.59 Å². The summed E-state index contributed by atoms with van der Waals surface area (Å²) < 4.78 is 0. The van der Waals surface area contributed by atoms with E-state index in [1.807, 2.05) is 11.0 Å². The fourth-order valence-electron chi connectivity index (χ4n) is 3.37. The van der Waals surface area contributed by atoms with Crippen LogP contribution < -0.4 is 5.32 Å². The first-order valence-electron chi connectivity index (χ1n) is 9.30. The van der Waals surface area contributed by atoms with Gasteiger partial charge in [0.25, 0.3) is 5.91 Å². The van der Waals surface area contributed by atoms with Gasteiger partial charge >= 0.3 is 0 Å². The Hall–Kier alpha value is -2.25. The molecule has 0 spiro atoms. The number of likely N-dealkylation sites (N-methyl/N-ethyl adjacent to an activating group) is 1. The van der Waals surface area contributed by atoms with Gasteiger partial charge in [0.2, 0.25) is 5.91 Å². The standard InChI is InChI=1S/C20H26N4O2S/c1-15(25)22-20-21-13-18(27-20)19(26)24-11-6-9-17(14-24)23(2)12-10-16-7-4-3-5-8-16/h3-5,7-8,13,17H,6,9-12,14H2,1-2H3,(H,21,22,25). The fourth-order valence-corrected chi connectivity index (χ4v) is 4.20. The number of hydrogen-bond acceptors (Lipinski definition) is 5. The number of likely N-dealkylation sites (tertiary alicyclic amines) is 1. The van der Waals surface area contributed by atoms with E-state index in [4.69, 9.17) is 0 Å². The first-order chi connectivity index (χ1) is 13.0. The molecule has 0 bridgehead atoms. The molecule has 1 fully saturated rings. The predicted molar refractivity (Wildman–Crippen MR) is 108 cm³/mol. The Morgan fingerprint density at radius 1 is 1.33 bits per heavy atom. The van der Waals surface area contributed by atoms with Gasteiger partial charge in [-0.1, -0.05) is 41.7 Å². The third kappa shape index (κ3) is 5.37. The quantitative estimate of drug-likeness (QED) is 0.829. The summed E-state index contributed by atoms with van der Waals surface area (Å²) in [5, 5.41) is 3.10. The Balaban J connectivity index is 1.55. The number of amides is 2. The van der Waals surface area contributed by atoms with Gasteiger partial charge in [0.1, 0.15) is 4.88 Å². The lowest BCUT2D eigenvalue weighted by molar-refractivity contribution is -0.114. The van der Waals surface area contributed by atoms with E-state index < -0.39 is 0 Å². The molecule has 1 atom stereocenters. The maximum absolute atomic E-state index is 12.8. The molecule has 0 saturated carbocycles. The monoisotopic (exact) mass is 386 g/mol. The van der Waals surface area contributed by atoms with Crippen molar-refractivity contribution in [2.45, 2.75) is 32.2 Å². The SMILES string of the molecule is CC(=O)Nc1ncc(C(=O)N2CCCC(N(C)CCc3ccccc3)C2)s1. The molecule has 27 heavy (non-hydrogen) atoms. The van der Waals surface area contributed by atoms with Crippen molar-refractivity contribution in [3.8, 4) is 0 Å². The Kier molecular flexibility index (Phi) is 6.58. The minimum absolute atomic E-state index is 0.00487. The van der Waals surface area contributed by atoms with Gasteiger partial charge in [-0.05, 0) is 31.9 Å². The summed E-state index contributed by atoms with van der Waals surface area (Å²) in [5.41, 5.74) is 1.34. The molecule has 2 amide bonds. The number of thiazole rings is 1. The molecule has 2 heterocycles. The van der Waals surface area contributed by atoms with Crippen LogP contribution in [0.2, 0.25) is 0 Å². The normalized spacial score (nSPS) is 17.1. The summed E-state index contributed by atoms with van der Waals surface area (Å²) >= 11 is 1.23. The van der Waals surface area contributed by atoms with Crippen LogP contribution in [0, 0.1) is 0 Å². The van der Waals surface area contributed by atoms with Crippen LogP contribution in [0.5, 0.6) is 0 Å². The van der Waals surface area contributed by atoms with E-state index in [2.05, 4.69) is 46.5 Å². The molecule has 7 heteroatoms. The average molecular weight is 387 g/mol. The third-order valence-electron chi connectivity index (χ3n) is 4.90. The number of carbonyl (C=O) groups is 2. The molecule has 1 N–H and O–H groups in total. The van der Waals surface area contributed by atoms with Crippen molar-refractivity contribution in [3.63, 3.8) is 0 Å². The highest BCUT2D eigenvalue weighted by Gasteiger charge is 2.27. The predicted octanol–water partition coefficient (Wildman–Crippen LogP) is 2.88. The summed E-state index contributed by atoms with van der Waals surface area (Å²) in [6.45, 7) is 3.92. The van der Waals surface area contributed by atoms with Crippen LogP contribution in [-0.2, 0) is 11.2 Å². The molecule has 2 aromatic rings. The molecule has 1 aromatic carbocycles. The Labute approximate surface area is 164 Å². The highest BCUT2D eigenvalue weighted by molar-refractivity contribution is 7.17. The van der Waals surface area contributed by atoms with Crippen molar-refractivity contribution in [2.24, 2.45) is 0 Å². The molecule has 1 aliphatic heterocycles. The summed E-state index contributed by atoms with van der Waals surface area (Å²) in [6, 6.07) is 10.9. The number of piperidine rings is 1. The van der Waals surface area contributed by atoms with Crippen molar-refractivity contribution in [2.75, 3.05) is 32.0 Å².